The van der Waals surface area contributed by atoms with E-state index in [2.05, 4.69) is 17.5 Å². The van der Waals surface area contributed by atoms with Gasteiger partial charge in [-0.25, -0.2) is 0 Å². The summed E-state index contributed by atoms with van der Waals surface area (Å²) in [5, 5.41) is 12.4. The molecule has 20 heavy (non-hydrogen) atoms. The van der Waals surface area contributed by atoms with Crippen molar-refractivity contribution in [3.05, 3.63) is 35.4 Å². The van der Waals surface area contributed by atoms with E-state index in [1.807, 2.05) is 25.1 Å². The van der Waals surface area contributed by atoms with Crippen LogP contribution in [0.3, 0.4) is 0 Å². The number of carbonyl (C=O) groups excluding carboxylic acids is 1. The van der Waals surface area contributed by atoms with E-state index >= 15 is 0 Å². The predicted octanol–water partition coefficient (Wildman–Crippen LogP) is 3.48. The van der Waals surface area contributed by atoms with Gasteiger partial charge < -0.3 is 5.32 Å². The smallest absolute Gasteiger partial charge is 0.240 e. The zero-order valence-corrected chi connectivity index (χ0v) is 12.1. The van der Waals surface area contributed by atoms with Crippen LogP contribution in [0.4, 0.5) is 0 Å². The number of nitriles is 1. The highest BCUT2D eigenvalue weighted by molar-refractivity contribution is 5.85. The lowest BCUT2D eigenvalue weighted by atomic mass is 9.81. The normalized spacial score (nSPS) is 17.8. The van der Waals surface area contributed by atoms with Gasteiger partial charge in [0, 0.05) is 6.54 Å². The van der Waals surface area contributed by atoms with Crippen molar-refractivity contribution in [2.24, 2.45) is 5.41 Å². The number of rotatable bonds is 3. The summed E-state index contributed by atoms with van der Waals surface area (Å²) in [6.07, 6.45) is 5.62. The molecule has 3 heteroatoms. The second kappa shape index (κ2) is 6.56. The van der Waals surface area contributed by atoms with Gasteiger partial charge in [-0.3, -0.25) is 4.79 Å². The standard InChI is InChI=1S/C17H22N2O/c1-14-7-6-8-15(11-14)12-19-16(20)17(13-18)9-4-2-3-5-10-17/h6-8,11H,2-5,9-10,12H2,1H3,(H,19,20). The summed E-state index contributed by atoms with van der Waals surface area (Å²) >= 11 is 0. The molecule has 1 N–H and O–H groups in total. The van der Waals surface area contributed by atoms with Gasteiger partial charge in [0.2, 0.25) is 5.91 Å². The van der Waals surface area contributed by atoms with Gasteiger partial charge in [-0.2, -0.15) is 5.26 Å². The molecular formula is C17H22N2O. The molecule has 2 rings (SSSR count). The summed E-state index contributed by atoms with van der Waals surface area (Å²) in [5.74, 6) is -0.0941. The quantitative estimate of drug-likeness (QED) is 0.855. The fourth-order valence-corrected chi connectivity index (χ4v) is 2.90. The Labute approximate surface area is 121 Å². The summed E-state index contributed by atoms with van der Waals surface area (Å²) in [7, 11) is 0. The van der Waals surface area contributed by atoms with Crippen LogP contribution in [0.5, 0.6) is 0 Å². The first-order valence-electron chi connectivity index (χ1n) is 7.41. The first kappa shape index (κ1) is 14.6. The summed E-state index contributed by atoms with van der Waals surface area (Å²) in [6.45, 7) is 2.54. The van der Waals surface area contributed by atoms with E-state index in [1.165, 1.54) is 5.56 Å². The number of carbonyl (C=O) groups is 1. The molecular weight excluding hydrogens is 248 g/mol. The molecule has 1 amide bonds. The summed E-state index contributed by atoms with van der Waals surface area (Å²) in [5.41, 5.74) is 1.46. The topological polar surface area (TPSA) is 52.9 Å². The maximum absolute atomic E-state index is 12.4. The number of nitrogens with zero attached hydrogens (tertiary/aromatic N) is 1. The van der Waals surface area contributed by atoms with Crippen molar-refractivity contribution in [2.75, 3.05) is 0 Å². The second-order valence-corrected chi connectivity index (χ2v) is 5.78. The lowest BCUT2D eigenvalue weighted by Gasteiger charge is -2.23. The van der Waals surface area contributed by atoms with Crippen molar-refractivity contribution in [3.8, 4) is 6.07 Å². The molecule has 0 unspecified atom stereocenters. The molecule has 3 nitrogen and oxygen atoms in total. The SMILES string of the molecule is Cc1cccc(CNC(=O)C2(C#N)CCCCCC2)c1. The first-order chi connectivity index (χ1) is 9.66. The third-order valence-electron chi connectivity index (χ3n) is 4.14. The minimum atomic E-state index is -0.805. The fraction of sp³-hybridized carbons (Fsp3) is 0.529. The molecule has 1 aromatic rings. The van der Waals surface area contributed by atoms with E-state index in [9.17, 15) is 10.1 Å². The van der Waals surface area contributed by atoms with Gasteiger partial charge in [0.05, 0.1) is 6.07 Å². The lowest BCUT2D eigenvalue weighted by Crippen LogP contribution is -2.39. The molecule has 0 heterocycles. The molecule has 0 atom stereocenters. The van der Waals surface area contributed by atoms with E-state index in [1.54, 1.807) is 0 Å². The maximum atomic E-state index is 12.4. The highest BCUT2D eigenvalue weighted by Gasteiger charge is 2.38. The first-order valence-corrected chi connectivity index (χ1v) is 7.41. The van der Waals surface area contributed by atoms with E-state index in [4.69, 9.17) is 0 Å². The summed E-state index contributed by atoms with van der Waals surface area (Å²) < 4.78 is 0. The van der Waals surface area contributed by atoms with Crippen LogP contribution in [0.15, 0.2) is 24.3 Å². The Morgan fingerprint density at radius 2 is 2.00 bits per heavy atom. The van der Waals surface area contributed by atoms with Crippen LogP contribution in [0.1, 0.15) is 49.7 Å². The summed E-state index contributed by atoms with van der Waals surface area (Å²) in [6, 6.07) is 10.4. The summed E-state index contributed by atoms with van der Waals surface area (Å²) in [4.78, 5) is 12.4. The van der Waals surface area contributed by atoms with Crippen molar-refractivity contribution in [1.82, 2.24) is 5.32 Å². The molecule has 0 spiro atoms. The van der Waals surface area contributed by atoms with E-state index < -0.39 is 5.41 Å². The Bertz CT molecular complexity index is 508. The van der Waals surface area contributed by atoms with Crippen LogP contribution in [0.2, 0.25) is 0 Å². The van der Waals surface area contributed by atoms with Gasteiger partial charge in [0.25, 0.3) is 0 Å². The van der Waals surface area contributed by atoms with Crippen molar-refractivity contribution in [2.45, 2.75) is 52.0 Å². The number of hydrogen-bond acceptors (Lipinski definition) is 2. The fourth-order valence-electron chi connectivity index (χ4n) is 2.90. The molecule has 1 aromatic carbocycles. The maximum Gasteiger partial charge on any atom is 0.240 e. The van der Waals surface area contributed by atoms with E-state index in [-0.39, 0.29) is 5.91 Å². The van der Waals surface area contributed by atoms with Crippen molar-refractivity contribution >= 4 is 5.91 Å². The molecule has 1 aliphatic rings. The Hall–Kier alpha value is -1.82. The molecule has 1 aliphatic carbocycles. The second-order valence-electron chi connectivity index (χ2n) is 5.78. The monoisotopic (exact) mass is 270 g/mol. The Balaban J connectivity index is 2.01. The average Bonchev–Trinajstić information content (AvgIpc) is 2.71. The van der Waals surface area contributed by atoms with Gasteiger partial charge >= 0.3 is 0 Å². The van der Waals surface area contributed by atoms with Crippen LogP contribution in [-0.4, -0.2) is 5.91 Å². The Morgan fingerprint density at radius 1 is 1.30 bits per heavy atom. The van der Waals surface area contributed by atoms with Crippen LogP contribution < -0.4 is 5.32 Å². The third kappa shape index (κ3) is 3.39. The van der Waals surface area contributed by atoms with Crippen LogP contribution in [-0.2, 0) is 11.3 Å². The third-order valence-corrected chi connectivity index (χ3v) is 4.14. The highest BCUT2D eigenvalue weighted by atomic mass is 16.2. The van der Waals surface area contributed by atoms with Gasteiger partial charge in [-0.15, -0.1) is 0 Å². The Morgan fingerprint density at radius 3 is 2.60 bits per heavy atom. The minimum Gasteiger partial charge on any atom is -0.351 e. The number of hydrogen-bond donors (Lipinski definition) is 1. The minimum absolute atomic E-state index is 0.0941. The molecule has 1 saturated carbocycles. The lowest BCUT2D eigenvalue weighted by molar-refractivity contribution is -0.129. The number of aryl methyl sites for hydroxylation is 1. The predicted molar refractivity (Wildman–Crippen MR) is 78.8 cm³/mol. The Kier molecular flexibility index (Phi) is 4.79. The van der Waals surface area contributed by atoms with Gasteiger partial charge in [0.15, 0.2) is 0 Å². The largest absolute Gasteiger partial charge is 0.351 e. The molecule has 0 bridgehead atoms. The molecule has 106 valence electrons. The van der Waals surface area contributed by atoms with Gasteiger partial charge in [-0.05, 0) is 25.3 Å². The van der Waals surface area contributed by atoms with Crippen LogP contribution >= 0.6 is 0 Å². The number of benzene rings is 1. The van der Waals surface area contributed by atoms with E-state index in [0.29, 0.717) is 19.4 Å². The zero-order valence-electron chi connectivity index (χ0n) is 12.1. The van der Waals surface area contributed by atoms with Crippen LogP contribution in [0, 0.1) is 23.7 Å². The highest BCUT2D eigenvalue weighted by Crippen LogP contribution is 2.34. The molecule has 0 radical (unpaired) electrons. The average molecular weight is 270 g/mol. The van der Waals surface area contributed by atoms with Crippen molar-refractivity contribution < 1.29 is 4.79 Å². The van der Waals surface area contributed by atoms with Gasteiger partial charge in [-0.1, -0.05) is 55.5 Å². The zero-order chi connectivity index (χ0) is 14.4. The van der Waals surface area contributed by atoms with Crippen molar-refractivity contribution in [1.29, 1.82) is 5.26 Å². The molecule has 0 aliphatic heterocycles. The van der Waals surface area contributed by atoms with Gasteiger partial charge in [0.1, 0.15) is 5.41 Å². The molecule has 1 fully saturated rings. The number of amides is 1. The molecule has 0 aromatic heterocycles. The van der Waals surface area contributed by atoms with E-state index in [0.717, 1.165) is 31.2 Å². The van der Waals surface area contributed by atoms with Crippen molar-refractivity contribution in [3.63, 3.8) is 0 Å². The number of nitrogens with one attached hydrogen (secondary N) is 1. The molecule has 0 saturated heterocycles. The van der Waals surface area contributed by atoms with Crippen LogP contribution in [0.25, 0.3) is 0 Å².